The summed E-state index contributed by atoms with van der Waals surface area (Å²) in [4.78, 5) is 10.8. The average molecular weight is 269 g/mol. The molecule has 3 N–H and O–H groups in total. The van der Waals surface area contributed by atoms with E-state index in [4.69, 9.17) is 20.3 Å². The number of ether oxygens (including phenoxy) is 2. The van der Waals surface area contributed by atoms with Gasteiger partial charge in [0.25, 0.3) is 0 Å². The maximum absolute atomic E-state index is 13.0. The van der Waals surface area contributed by atoms with Crippen LogP contribution in [0.15, 0.2) is 18.2 Å². The molecule has 5 nitrogen and oxygen atoms in total. The molecule has 6 heteroatoms. The number of aliphatic hydroxyl groups excluding tert-OH is 1. The van der Waals surface area contributed by atoms with Crippen LogP contribution in [-0.2, 0) is 11.3 Å². The lowest BCUT2D eigenvalue weighted by molar-refractivity contribution is 0.0578. The number of hydrogen-bond donors (Lipinski definition) is 2. The molecule has 1 saturated carbocycles. The van der Waals surface area contributed by atoms with Gasteiger partial charge in [-0.2, -0.15) is 0 Å². The van der Waals surface area contributed by atoms with Crippen LogP contribution in [0.25, 0.3) is 0 Å². The Morgan fingerprint density at radius 3 is 2.84 bits per heavy atom. The Balaban J connectivity index is 1.98. The maximum atomic E-state index is 13.0. The molecule has 1 atom stereocenters. The maximum Gasteiger partial charge on any atom is 0.404 e. The molecule has 1 aliphatic rings. The second-order valence-corrected chi connectivity index (χ2v) is 4.53. The third-order valence-corrected chi connectivity index (χ3v) is 3.01. The van der Waals surface area contributed by atoms with E-state index in [-0.39, 0.29) is 19.1 Å². The zero-order valence-electron chi connectivity index (χ0n) is 10.3. The highest BCUT2D eigenvalue weighted by molar-refractivity contribution is 5.64. The Morgan fingerprint density at radius 1 is 1.53 bits per heavy atom. The number of aliphatic hydroxyl groups is 1. The summed E-state index contributed by atoms with van der Waals surface area (Å²) >= 11 is 0. The van der Waals surface area contributed by atoms with Crippen LogP contribution >= 0.6 is 0 Å². The Hall–Kier alpha value is -1.82. The van der Waals surface area contributed by atoms with E-state index in [9.17, 15) is 9.18 Å². The molecule has 19 heavy (non-hydrogen) atoms. The van der Waals surface area contributed by atoms with Gasteiger partial charge in [0.1, 0.15) is 24.3 Å². The van der Waals surface area contributed by atoms with Gasteiger partial charge < -0.3 is 20.3 Å². The molecule has 1 aliphatic carbocycles. The van der Waals surface area contributed by atoms with Crippen LogP contribution in [0.4, 0.5) is 9.18 Å². The fourth-order valence-electron chi connectivity index (χ4n) is 1.87. The third-order valence-electron chi connectivity index (χ3n) is 3.01. The molecule has 1 unspecified atom stereocenters. The van der Waals surface area contributed by atoms with E-state index in [0.717, 1.165) is 12.8 Å². The Bertz CT molecular complexity index is 462. The van der Waals surface area contributed by atoms with Crippen molar-refractivity contribution in [1.29, 1.82) is 0 Å². The van der Waals surface area contributed by atoms with Crippen molar-refractivity contribution < 1.29 is 23.8 Å². The zero-order chi connectivity index (χ0) is 13.8. The Morgan fingerprint density at radius 2 is 2.26 bits per heavy atom. The number of carbonyl (C=O) groups is 1. The first-order valence-electron chi connectivity index (χ1n) is 6.08. The molecule has 0 heterocycles. The minimum absolute atomic E-state index is 0.145. The number of rotatable bonds is 6. The lowest BCUT2D eigenvalue weighted by Crippen LogP contribution is -2.30. The minimum atomic E-state index is -0.831. The van der Waals surface area contributed by atoms with Crippen LogP contribution in [-0.4, -0.2) is 23.9 Å². The van der Waals surface area contributed by atoms with Gasteiger partial charge in [0.15, 0.2) is 0 Å². The number of primary amides is 1. The number of benzene rings is 1. The summed E-state index contributed by atoms with van der Waals surface area (Å²) in [5.41, 5.74) is 5.35. The highest BCUT2D eigenvalue weighted by atomic mass is 19.1. The Kier molecular flexibility index (Phi) is 4.21. The summed E-state index contributed by atoms with van der Waals surface area (Å²) in [5, 5.41) is 9.12. The van der Waals surface area contributed by atoms with Crippen LogP contribution in [0.2, 0.25) is 0 Å². The SMILES string of the molecule is NC(=O)OC(COc1ccc(F)cc1CO)C1CC1. The highest BCUT2D eigenvalue weighted by Gasteiger charge is 2.34. The molecule has 2 rings (SSSR count). The lowest BCUT2D eigenvalue weighted by atomic mass is 10.2. The van der Waals surface area contributed by atoms with Crippen LogP contribution in [0.5, 0.6) is 5.75 Å². The zero-order valence-corrected chi connectivity index (χ0v) is 10.3. The number of hydrogen-bond acceptors (Lipinski definition) is 4. The number of amides is 1. The molecule has 1 amide bonds. The van der Waals surface area contributed by atoms with Crippen molar-refractivity contribution in [2.24, 2.45) is 11.7 Å². The molecule has 0 aromatic heterocycles. The van der Waals surface area contributed by atoms with E-state index in [1.807, 2.05) is 0 Å². The van der Waals surface area contributed by atoms with Crippen molar-refractivity contribution in [3.05, 3.63) is 29.6 Å². The molecule has 0 bridgehead atoms. The molecule has 0 spiro atoms. The van der Waals surface area contributed by atoms with Gasteiger partial charge in [-0.1, -0.05) is 0 Å². The molecule has 1 aromatic rings. The van der Waals surface area contributed by atoms with E-state index in [0.29, 0.717) is 11.3 Å². The van der Waals surface area contributed by atoms with Gasteiger partial charge in [-0.05, 0) is 37.0 Å². The number of carbonyl (C=O) groups excluding carboxylic acids is 1. The van der Waals surface area contributed by atoms with Crippen molar-refractivity contribution in [2.75, 3.05) is 6.61 Å². The summed E-state index contributed by atoms with van der Waals surface area (Å²) in [5.74, 6) is 0.205. The molecular weight excluding hydrogens is 253 g/mol. The molecule has 0 radical (unpaired) electrons. The first kappa shape index (κ1) is 13.6. The van der Waals surface area contributed by atoms with Gasteiger partial charge in [-0.25, -0.2) is 9.18 Å². The lowest BCUT2D eigenvalue weighted by Gasteiger charge is -2.18. The quantitative estimate of drug-likeness (QED) is 0.821. The first-order chi connectivity index (χ1) is 9.10. The van der Waals surface area contributed by atoms with Gasteiger partial charge in [-0.15, -0.1) is 0 Å². The highest BCUT2D eigenvalue weighted by Crippen LogP contribution is 2.34. The summed E-state index contributed by atoms with van der Waals surface area (Å²) in [6.45, 7) is -0.176. The smallest absolute Gasteiger partial charge is 0.404 e. The van der Waals surface area contributed by atoms with Crippen molar-refractivity contribution >= 4 is 6.09 Å². The molecule has 1 aromatic carbocycles. The van der Waals surface area contributed by atoms with E-state index in [2.05, 4.69) is 0 Å². The topological polar surface area (TPSA) is 81.8 Å². The summed E-state index contributed by atoms with van der Waals surface area (Å²) in [6.07, 6.45) is 0.714. The van der Waals surface area contributed by atoms with E-state index < -0.39 is 18.0 Å². The van der Waals surface area contributed by atoms with Crippen LogP contribution < -0.4 is 10.5 Å². The fraction of sp³-hybridized carbons (Fsp3) is 0.462. The predicted octanol–water partition coefficient (Wildman–Crippen LogP) is 1.57. The largest absolute Gasteiger partial charge is 0.489 e. The summed E-state index contributed by atoms with van der Waals surface area (Å²) in [6, 6.07) is 3.89. The Labute approximate surface area is 110 Å². The normalized spacial score (nSPS) is 15.9. The third kappa shape index (κ3) is 3.82. The van der Waals surface area contributed by atoms with Gasteiger partial charge in [0.2, 0.25) is 0 Å². The minimum Gasteiger partial charge on any atom is -0.489 e. The number of halogens is 1. The van der Waals surface area contributed by atoms with Gasteiger partial charge in [0, 0.05) is 5.56 Å². The van der Waals surface area contributed by atoms with Crippen molar-refractivity contribution in [1.82, 2.24) is 0 Å². The summed E-state index contributed by atoms with van der Waals surface area (Å²) in [7, 11) is 0. The molecule has 0 saturated heterocycles. The molecule has 1 fully saturated rings. The van der Waals surface area contributed by atoms with E-state index >= 15 is 0 Å². The van der Waals surface area contributed by atoms with Gasteiger partial charge >= 0.3 is 6.09 Å². The van der Waals surface area contributed by atoms with E-state index in [1.165, 1.54) is 18.2 Å². The monoisotopic (exact) mass is 269 g/mol. The number of nitrogens with two attached hydrogens (primary N) is 1. The van der Waals surface area contributed by atoms with Crippen LogP contribution in [0.3, 0.4) is 0 Å². The second kappa shape index (κ2) is 5.88. The fourth-order valence-corrected chi connectivity index (χ4v) is 1.87. The second-order valence-electron chi connectivity index (χ2n) is 4.53. The average Bonchev–Trinajstić information content (AvgIpc) is 3.19. The van der Waals surface area contributed by atoms with E-state index in [1.54, 1.807) is 0 Å². The summed E-state index contributed by atoms with van der Waals surface area (Å²) < 4.78 is 23.4. The molecule has 0 aliphatic heterocycles. The van der Waals surface area contributed by atoms with Gasteiger partial charge in [0.05, 0.1) is 6.61 Å². The molecular formula is C13H16FNO4. The van der Waals surface area contributed by atoms with Crippen molar-refractivity contribution in [3.8, 4) is 5.75 Å². The van der Waals surface area contributed by atoms with Crippen molar-refractivity contribution in [2.45, 2.75) is 25.6 Å². The first-order valence-corrected chi connectivity index (χ1v) is 6.08. The van der Waals surface area contributed by atoms with Crippen LogP contribution in [0.1, 0.15) is 18.4 Å². The molecule has 104 valence electrons. The van der Waals surface area contributed by atoms with Crippen molar-refractivity contribution in [3.63, 3.8) is 0 Å². The van der Waals surface area contributed by atoms with Crippen LogP contribution in [0, 0.1) is 11.7 Å². The predicted molar refractivity (Wildman–Crippen MR) is 65.0 cm³/mol. The van der Waals surface area contributed by atoms with Gasteiger partial charge in [-0.3, -0.25) is 0 Å². The standard InChI is InChI=1S/C13H16FNO4/c14-10-3-4-11(9(5-10)6-16)18-7-12(8-1-2-8)19-13(15)17/h3-5,8,12,16H,1-2,6-7H2,(H2,15,17).